The van der Waals surface area contributed by atoms with Crippen LogP contribution in [0.3, 0.4) is 0 Å². The van der Waals surface area contributed by atoms with Crippen LogP contribution in [0.25, 0.3) is 0 Å². The highest BCUT2D eigenvalue weighted by atomic mass is 32.2. The van der Waals surface area contributed by atoms with Crippen LogP contribution < -0.4 is 5.32 Å². The summed E-state index contributed by atoms with van der Waals surface area (Å²) < 4.78 is 2.24. The molecule has 6 heteroatoms. The van der Waals surface area contributed by atoms with Crippen molar-refractivity contribution in [2.75, 3.05) is 0 Å². The monoisotopic (exact) mass is 310 g/mol. The molecule has 0 aromatic carbocycles. The maximum atomic E-state index is 12.1. The second-order valence-corrected chi connectivity index (χ2v) is 7.42. The fourth-order valence-corrected chi connectivity index (χ4v) is 3.78. The first-order valence-corrected chi connectivity index (χ1v) is 8.75. The Labute approximate surface area is 131 Å². The van der Waals surface area contributed by atoms with Gasteiger partial charge in [0, 0.05) is 12.1 Å². The SMILES string of the molecule is Cc1nnc(S[C@H](C)C(=O)NC(C)C)n1C1CCCCC1. The molecule has 1 amide bonds. The summed E-state index contributed by atoms with van der Waals surface area (Å²) in [6.45, 7) is 7.88. The molecule has 1 aromatic heterocycles. The summed E-state index contributed by atoms with van der Waals surface area (Å²) in [6.07, 6.45) is 6.26. The van der Waals surface area contributed by atoms with E-state index in [1.54, 1.807) is 0 Å². The molecule has 118 valence electrons. The number of thioether (sulfide) groups is 1. The quantitative estimate of drug-likeness (QED) is 0.849. The van der Waals surface area contributed by atoms with Crippen LogP contribution in [0.2, 0.25) is 0 Å². The maximum absolute atomic E-state index is 12.1. The lowest BCUT2D eigenvalue weighted by Crippen LogP contribution is -2.36. The van der Waals surface area contributed by atoms with Crippen molar-refractivity contribution in [3.05, 3.63) is 5.82 Å². The van der Waals surface area contributed by atoms with E-state index in [4.69, 9.17) is 0 Å². The van der Waals surface area contributed by atoms with E-state index in [-0.39, 0.29) is 17.2 Å². The number of aromatic nitrogens is 3. The van der Waals surface area contributed by atoms with E-state index in [0.717, 1.165) is 11.0 Å². The van der Waals surface area contributed by atoms with Gasteiger partial charge in [-0.05, 0) is 40.5 Å². The van der Waals surface area contributed by atoms with Gasteiger partial charge >= 0.3 is 0 Å². The summed E-state index contributed by atoms with van der Waals surface area (Å²) in [5, 5.41) is 12.2. The third-order valence-electron chi connectivity index (χ3n) is 3.86. The Morgan fingerprint density at radius 1 is 1.24 bits per heavy atom. The van der Waals surface area contributed by atoms with Crippen molar-refractivity contribution in [1.82, 2.24) is 20.1 Å². The molecular weight excluding hydrogens is 284 g/mol. The average Bonchev–Trinajstić information content (AvgIpc) is 2.80. The maximum Gasteiger partial charge on any atom is 0.233 e. The fraction of sp³-hybridized carbons (Fsp3) is 0.800. The molecule has 1 saturated carbocycles. The minimum atomic E-state index is -0.154. The van der Waals surface area contributed by atoms with Gasteiger partial charge in [-0.15, -0.1) is 10.2 Å². The lowest BCUT2D eigenvalue weighted by atomic mass is 9.95. The van der Waals surface area contributed by atoms with Crippen LogP contribution in [-0.4, -0.2) is 32.0 Å². The average molecular weight is 310 g/mol. The first-order chi connectivity index (χ1) is 9.99. The lowest BCUT2D eigenvalue weighted by Gasteiger charge is -2.25. The summed E-state index contributed by atoms with van der Waals surface area (Å²) in [6, 6.07) is 0.662. The van der Waals surface area contributed by atoms with Crippen molar-refractivity contribution in [3.63, 3.8) is 0 Å². The van der Waals surface area contributed by atoms with Gasteiger partial charge in [0.25, 0.3) is 0 Å². The van der Waals surface area contributed by atoms with Gasteiger partial charge in [0.1, 0.15) is 5.82 Å². The number of aryl methyl sites for hydroxylation is 1. The minimum absolute atomic E-state index is 0.0610. The lowest BCUT2D eigenvalue weighted by molar-refractivity contribution is -0.120. The van der Waals surface area contributed by atoms with E-state index in [1.807, 2.05) is 27.7 Å². The molecular formula is C15H26N4OS. The zero-order chi connectivity index (χ0) is 15.4. The Bertz CT molecular complexity index is 480. The number of hydrogen-bond donors (Lipinski definition) is 1. The van der Waals surface area contributed by atoms with E-state index < -0.39 is 0 Å². The molecule has 0 aliphatic heterocycles. The van der Waals surface area contributed by atoms with Gasteiger partial charge < -0.3 is 9.88 Å². The molecule has 0 spiro atoms. The largest absolute Gasteiger partial charge is 0.353 e. The number of carbonyl (C=O) groups excluding carboxylic acids is 1. The van der Waals surface area contributed by atoms with Gasteiger partial charge in [0.15, 0.2) is 5.16 Å². The molecule has 5 nitrogen and oxygen atoms in total. The Kier molecular flexibility index (Phi) is 5.67. The summed E-state index contributed by atoms with van der Waals surface area (Å²) in [4.78, 5) is 12.1. The van der Waals surface area contributed by atoms with Crippen molar-refractivity contribution in [2.45, 2.75) is 82.3 Å². The minimum Gasteiger partial charge on any atom is -0.353 e. The van der Waals surface area contributed by atoms with Gasteiger partial charge in [-0.3, -0.25) is 4.79 Å². The molecule has 1 atom stereocenters. The molecule has 1 aromatic rings. The number of hydrogen-bond acceptors (Lipinski definition) is 4. The van der Waals surface area contributed by atoms with Crippen molar-refractivity contribution in [1.29, 1.82) is 0 Å². The zero-order valence-corrected chi connectivity index (χ0v) is 14.2. The van der Waals surface area contributed by atoms with Crippen LogP contribution in [0.5, 0.6) is 0 Å². The second-order valence-electron chi connectivity index (χ2n) is 6.11. The fourth-order valence-electron chi connectivity index (χ4n) is 2.80. The number of rotatable bonds is 5. The number of amides is 1. The standard InChI is InChI=1S/C15H26N4OS/c1-10(2)16-14(20)11(3)21-15-18-17-12(4)19(15)13-8-6-5-7-9-13/h10-11,13H,5-9H2,1-4H3,(H,16,20)/t11-/m1/s1. The first-order valence-electron chi connectivity index (χ1n) is 7.87. The van der Waals surface area contributed by atoms with Crippen molar-refractivity contribution >= 4 is 17.7 Å². The van der Waals surface area contributed by atoms with E-state index in [0.29, 0.717) is 6.04 Å². The highest BCUT2D eigenvalue weighted by Crippen LogP contribution is 2.33. The van der Waals surface area contributed by atoms with Crippen LogP contribution >= 0.6 is 11.8 Å². The predicted molar refractivity (Wildman–Crippen MR) is 85.5 cm³/mol. The number of nitrogens with zero attached hydrogens (tertiary/aromatic N) is 3. The molecule has 1 fully saturated rings. The van der Waals surface area contributed by atoms with Crippen LogP contribution in [0.4, 0.5) is 0 Å². The van der Waals surface area contributed by atoms with E-state index >= 15 is 0 Å². The van der Waals surface area contributed by atoms with Gasteiger partial charge in [-0.25, -0.2) is 0 Å². The number of carbonyl (C=O) groups is 1. The topological polar surface area (TPSA) is 59.8 Å². The Morgan fingerprint density at radius 3 is 2.52 bits per heavy atom. The van der Waals surface area contributed by atoms with Gasteiger partial charge in [-0.1, -0.05) is 31.0 Å². The molecule has 21 heavy (non-hydrogen) atoms. The molecule has 0 bridgehead atoms. The molecule has 1 aliphatic rings. The summed E-state index contributed by atoms with van der Waals surface area (Å²) in [5.74, 6) is 1.02. The summed E-state index contributed by atoms with van der Waals surface area (Å²) in [5.41, 5.74) is 0. The van der Waals surface area contributed by atoms with Crippen LogP contribution in [-0.2, 0) is 4.79 Å². The van der Waals surface area contributed by atoms with Gasteiger partial charge in [0.2, 0.25) is 5.91 Å². The Morgan fingerprint density at radius 2 is 1.90 bits per heavy atom. The van der Waals surface area contributed by atoms with Gasteiger partial charge in [-0.2, -0.15) is 0 Å². The zero-order valence-electron chi connectivity index (χ0n) is 13.4. The molecule has 0 saturated heterocycles. The third-order valence-corrected chi connectivity index (χ3v) is 4.91. The molecule has 0 unspecified atom stereocenters. The van der Waals surface area contributed by atoms with Crippen molar-refractivity contribution < 1.29 is 4.79 Å². The molecule has 2 rings (SSSR count). The Balaban J connectivity index is 2.08. The number of nitrogens with one attached hydrogen (secondary N) is 1. The normalized spacial score (nSPS) is 18.0. The highest BCUT2D eigenvalue weighted by molar-refractivity contribution is 8.00. The van der Waals surface area contributed by atoms with Crippen LogP contribution in [0.1, 0.15) is 64.7 Å². The second kappa shape index (κ2) is 7.29. The van der Waals surface area contributed by atoms with E-state index in [1.165, 1.54) is 43.9 Å². The molecule has 1 heterocycles. The smallest absolute Gasteiger partial charge is 0.233 e. The summed E-state index contributed by atoms with van der Waals surface area (Å²) in [7, 11) is 0. The van der Waals surface area contributed by atoms with Crippen molar-refractivity contribution in [2.24, 2.45) is 0 Å². The van der Waals surface area contributed by atoms with Crippen LogP contribution in [0, 0.1) is 6.92 Å². The molecule has 1 aliphatic carbocycles. The van der Waals surface area contributed by atoms with Gasteiger partial charge in [0.05, 0.1) is 5.25 Å². The van der Waals surface area contributed by atoms with E-state index in [9.17, 15) is 4.79 Å². The van der Waals surface area contributed by atoms with Crippen LogP contribution in [0.15, 0.2) is 5.16 Å². The Hall–Kier alpha value is -1.04. The summed E-state index contributed by atoms with van der Waals surface area (Å²) >= 11 is 1.51. The third kappa shape index (κ3) is 4.22. The van der Waals surface area contributed by atoms with Crippen molar-refractivity contribution in [3.8, 4) is 0 Å². The first kappa shape index (κ1) is 16.3. The highest BCUT2D eigenvalue weighted by Gasteiger charge is 2.24. The molecule has 1 N–H and O–H groups in total. The predicted octanol–water partition coefficient (Wildman–Crippen LogP) is 3.10. The van der Waals surface area contributed by atoms with E-state index in [2.05, 4.69) is 20.1 Å². The molecule has 0 radical (unpaired) electrons.